The van der Waals surface area contributed by atoms with Crippen LogP contribution in [0.4, 0.5) is 5.69 Å². The van der Waals surface area contributed by atoms with Gasteiger partial charge in [-0.3, -0.25) is 9.79 Å². The van der Waals surface area contributed by atoms with Gasteiger partial charge in [-0.15, -0.1) is 0 Å². The van der Waals surface area contributed by atoms with Crippen molar-refractivity contribution in [3.8, 4) is 0 Å². The first-order valence-electron chi connectivity index (χ1n) is 8.36. The molecule has 1 saturated heterocycles. The lowest BCUT2D eigenvalue weighted by Crippen LogP contribution is -2.33. The van der Waals surface area contributed by atoms with Gasteiger partial charge in [0, 0.05) is 31.0 Å². The van der Waals surface area contributed by atoms with E-state index in [0.717, 1.165) is 16.6 Å². The van der Waals surface area contributed by atoms with Gasteiger partial charge in [-0.25, -0.2) is 0 Å². The Kier molecular flexibility index (Phi) is 4.95. The minimum absolute atomic E-state index is 0.0763. The van der Waals surface area contributed by atoms with Crippen LogP contribution < -0.4 is 5.32 Å². The molecule has 23 heavy (non-hydrogen) atoms. The number of nitrogens with zero attached hydrogens (tertiary/aromatic N) is 2. The molecule has 2 fully saturated rings. The molecule has 1 aromatic carbocycles. The lowest BCUT2D eigenvalue weighted by molar-refractivity contribution is -0.116. The van der Waals surface area contributed by atoms with Crippen LogP contribution in [-0.2, 0) is 4.79 Å². The van der Waals surface area contributed by atoms with Crippen molar-refractivity contribution in [1.29, 1.82) is 0 Å². The predicted molar refractivity (Wildman–Crippen MR) is 98.2 cm³/mol. The van der Waals surface area contributed by atoms with Crippen LogP contribution >= 0.6 is 11.8 Å². The van der Waals surface area contributed by atoms with Gasteiger partial charge in [0.05, 0.1) is 6.04 Å². The molecule has 5 heteroatoms. The Morgan fingerprint density at radius 3 is 2.65 bits per heavy atom. The van der Waals surface area contributed by atoms with Gasteiger partial charge >= 0.3 is 0 Å². The molecule has 124 valence electrons. The molecule has 1 unspecified atom stereocenters. The molecule has 2 aliphatic rings. The fourth-order valence-electron chi connectivity index (χ4n) is 2.60. The summed E-state index contributed by atoms with van der Waals surface area (Å²) in [5.41, 5.74) is 2.16. The van der Waals surface area contributed by atoms with Crippen molar-refractivity contribution in [1.82, 2.24) is 4.90 Å². The number of carbonyl (C=O) groups is 1. The fourth-order valence-corrected chi connectivity index (χ4v) is 3.86. The van der Waals surface area contributed by atoms with Crippen LogP contribution in [0.1, 0.15) is 44.6 Å². The van der Waals surface area contributed by atoms with E-state index in [4.69, 9.17) is 4.99 Å². The van der Waals surface area contributed by atoms with E-state index < -0.39 is 0 Å². The third-order valence-corrected chi connectivity index (χ3v) is 5.58. The number of anilines is 1. The van der Waals surface area contributed by atoms with Crippen LogP contribution in [0.5, 0.6) is 0 Å². The number of nitrogens with one attached hydrogen (secondary N) is 1. The Morgan fingerprint density at radius 1 is 1.35 bits per heavy atom. The van der Waals surface area contributed by atoms with Gasteiger partial charge in [-0.1, -0.05) is 37.7 Å². The molecule has 1 saturated carbocycles. The minimum Gasteiger partial charge on any atom is -0.350 e. The largest absolute Gasteiger partial charge is 0.350 e. The summed E-state index contributed by atoms with van der Waals surface area (Å²) in [5, 5.41) is 4.11. The number of thioether (sulfide) groups is 1. The monoisotopic (exact) mass is 331 g/mol. The van der Waals surface area contributed by atoms with Gasteiger partial charge < -0.3 is 10.2 Å². The van der Waals surface area contributed by atoms with Crippen LogP contribution in [-0.4, -0.2) is 40.9 Å². The fraction of sp³-hybridized carbons (Fsp3) is 0.556. The Bertz CT molecular complexity index is 593. The van der Waals surface area contributed by atoms with E-state index in [1.807, 2.05) is 12.1 Å². The van der Waals surface area contributed by atoms with Crippen molar-refractivity contribution in [3.63, 3.8) is 0 Å². The summed E-state index contributed by atoms with van der Waals surface area (Å²) in [6, 6.07) is 8.91. The maximum absolute atomic E-state index is 12.3. The third kappa shape index (κ3) is 4.28. The average Bonchev–Trinajstić information content (AvgIpc) is 3.27. The van der Waals surface area contributed by atoms with E-state index >= 15 is 0 Å². The molecule has 1 heterocycles. The maximum atomic E-state index is 12.3. The minimum atomic E-state index is 0.0763. The first kappa shape index (κ1) is 16.4. The average molecular weight is 331 g/mol. The highest BCUT2D eigenvalue weighted by Crippen LogP contribution is 2.30. The number of hydrogen-bond donors (Lipinski definition) is 1. The van der Waals surface area contributed by atoms with Gasteiger partial charge in [-0.2, -0.15) is 0 Å². The van der Waals surface area contributed by atoms with E-state index in [1.54, 1.807) is 11.8 Å². The maximum Gasteiger partial charge on any atom is 0.226 e. The van der Waals surface area contributed by atoms with Crippen LogP contribution in [0.15, 0.2) is 29.3 Å². The summed E-state index contributed by atoms with van der Waals surface area (Å²) in [7, 11) is 2.05. The summed E-state index contributed by atoms with van der Waals surface area (Å²) in [6.07, 6.45) is 2.95. The highest BCUT2D eigenvalue weighted by Gasteiger charge is 2.31. The molecule has 1 aromatic rings. The van der Waals surface area contributed by atoms with Gasteiger partial charge in [0.25, 0.3) is 0 Å². The number of carbonyl (C=O) groups excluding carboxylic acids is 1. The number of aliphatic imine (C=N–C) groups is 1. The summed E-state index contributed by atoms with van der Waals surface area (Å²) < 4.78 is 0. The Labute approximate surface area is 142 Å². The highest BCUT2D eigenvalue weighted by atomic mass is 32.2. The molecule has 0 spiro atoms. The third-order valence-electron chi connectivity index (χ3n) is 4.38. The van der Waals surface area contributed by atoms with E-state index in [2.05, 4.69) is 43.2 Å². The van der Waals surface area contributed by atoms with Crippen molar-refractivity contribution >= 4 is 28.5 Å². The second-order valence-corrected chi connectivity index (χ2v) is 7.73. The molecule has 1 N–H and O–H groups in total. The Morgan fingerprint density at radius 2 is 2.04 bits per heavy atom. The second kappa shape index (κ2) is 6.95. The highest BCUT2D eigenvalue weighted by molar-refractivity contribution is 8.14. The zero-order valence-corrected chi connectivity index (χ0v) is 14.9. The van der Waals surface area contributed by atoms with Crippen molar-refractivity contribution in [3.05, 3.63) is 29.8 Å². The Balaban J connectivity index is 1.53. The summed E-state index contributed by atoms with van der Waals surface area (Å²) in [5.74, 6) is 1.53. The topological polar surface area (TPSA) is 44.7 Å². The number of rotatable bonds is 5. The number of amidine groups is 1. The van der Waals surface area contributed by atoms with Crippen molar-refractivity contribution in [2.45, 2.75) is 51.1 Å². The van der Waals surface area contributed by atoms with Crippen LogP contribution in [0, 0.1) is 0 Å². The first-order chi connectivity index (χ1) is 11.0. The van der Waals surface area contributed by atoms with E-state index in [1.165, 1.54) is 18.4 Å². The van der Waals surface area contributed by atoms with Gasteiger partial charge in [0.15, 0.2) is 5.17 Å². The number of amides is 1. The molecular formula is C18H25N3OS. The first-order valence-corrected chi connectivity index (χ1v) is 9.34. The Hall–Kier alpha value is -1.49. The quantitative estimate of drug-likeness (QED) is 0.894. The molecule has 1 amide bonds. The van der Waals surface area contributed by atoms with Crippen LogP contribution in [0.25, 0.3) is 0 Å². The summed E-state index contributed by atoms with van der Waals surface area (Å²) >= 11 is 1.78. The molecule has 1 atom stereocenters. The second-order valence-electron chi connectivity index (χ2n) is 6.75. The lowest BCUT2D eigenvalue weighted by atomic mass is 10.0. The standard InChI is InChI=1S/C18H25N3OS/c1-12(2)13-4-6-14(7-5-13)19-17(22)10-16-11-23-18(21(16)3)20-15-8-9-15/h4-7,12,15-16H,8-11H2,1-3H3,(H,19,22). The SMILES string of the molecule is CC(C)c1ccc(NC(=O)CC2CSC(=NC3CC3)N2C)cc1. The number of benzene rings is 1. The van der Waals surface area contributed by atoms with E-state index in [9.17, 15) is 4.79 Å². The zero-order chi connectivity index (χ0) is 16.4. The van der Waals surface area contributed by atoms with Gasteiger partial charge in [-0.05, 0) is 36.5 Å². The predicted octanol–water partition coefficient (Wildman–Crippen LogP) is 3.70. The molecule has 1 aliphatic carbocycles. The van der Waals surface area contributed by atoms with Crippen molar-refractivity contribution in [2.75, 3.05) is 18.1 Å². The molecule has 3 rings (SSSR count). The van der Waals surface area contributed by atoms with E-state index in [0.29, 0.717) is 18.4 Å². The van der Waals surface area contributed by atoms with Crippen molar-refractivity contribution in [2.24, 2.45) is 4.99 Å². The molecule has 0 aromatic heterocycles. The van der Waals surface area contributed by atoms with Crippen molar-refractivity contribution < 1.29 is 4.79 Å². The smallest absolute Gasteiger partial charge is 0.226 e. The van der Waals surface area contributed by atoms with E-state index in [-0.39, 0.29) is 11.9 Å². The summed E-state index contributed by atoms with van der Waals surface area (Å²) in [4.78, 5) is 19.2. The molecule has 4 nitrogen and oxygen atoms in total. The molecule has 0 radical (unpaired) electrons. The normalized spacial score (nSPS) is 22.9. The van der Waals surface area contributed by atoms with Crippen LogP contribution in [0.2, 0.25) is 0 Å². The molecule has 0 bridgehead atoms. The lowest BCUT2D eigenvalue weighted by Gasteiger charge is -2.20. The molecular weight excluding hydrogens is 306 g/mol. The van der Waals surface area contributed by atoms with Crippen LogP contribution in [0.3, 0.4) is 0 Å². The van der Waals surface area contributed by atoms with Gasteiger partial charge in [0.2, 0.25) is 5.91 Å². The van der Waals surface area contributed by atoms with Gasteiger partial charge in [0.1, 0.15) is 0 Å². The summed E-state index contributed by atoms with van der Waals surface area (Å²) in [6.45, 7) is 4.34. The number of hydrogen-bond acceptors (Lipinski definition) is 3. The molecule has 1 aliphatic heterocycles. The zero-order valence-electron chi connectivity index (χ0n) is 14.1.